The summed E-state index contributed by atoms with van der Waals surface area (Å²) in [5.74, 6) is 0.802. The van der Waals surface area contributed by atoms with Crippen LogP contribution in [-0.2, 0) is 6.54 Å². The molecule has 20 heavy (non-hydrogen) atoms. The highest BCUT2D eigenvalue weighted by Gasteiger charge is 2.19. The molecule has 1 aromatic carbocycles. The van der Waals surface area contributed by atoms with Gasteiger partial charge in [-0.2, -0.15) is 0 Å². The second kappa shape index (κ2) is 6.33. The summed E-state index contributed by atoms with van der Waals surface area (Å²) >= 11 is 0. The highest BCUT2D eigenvalue weighted by Crippen LogP contribution is 2.20. The van der Waals surface area contributed by atoms with Crippen LogP contribution >= 0.6 is 0 Å². The maximum absolute atomic E-state index is 4.38. The lowest BCUT2D eigenvalue weighted by atomic mass is 9.97. The van der Waals surface area contributed by atoms with Crippen LogP contribution in [-0.4, -0.2) is 36.6 Å². The van der Waals surface area contributed by atoms with Crippen molar-refractivity contribution in [2.75, 3.05) is 26.7 Å². The van der Waals surface area contributed by atoms with Gasteiger partial charge in [-0.1, -0.05) is 12.1 Å². The summed E-state index contributed by atoms with van der Waals surface area (Å²) in [5.41, 5.74) is 2.48. The minimum absolute atomic E-state index is 0.802. The Kier molecular flexibility index (Phi) is 4.28. The zero-order valence-corrected chi connectivity index (χ0v) is 12.2. The minimum atomic E-state index is 0.802. The molecule has 1 aliphatic rings. The lowest BCUT2D eigenvalue weighted by molar-refractivity contribution is 0.167. The van der Waals surface area contributed by atoms with Gasteiger partial charge in [-0.3, -0.25) is 9.88 Å². The van der Waals surface area contributed by atoms with Crippen molar-refractivity contribution in [3.05, 3.63) is 42.1 Å². The van der Waals surface area contributed by atoms with E-state index in [0.717, 1.165) is 24.5 Å². The summed E-state index contributed by atoms with van der Waals surface area (Å²) in [6.07, 6.45) is 4.54. The van der Waals surface area contributed by atoms with Crippen LogP contribution in [0.15, 0.2) is 36.5 Å². The molecule has 1 saturated heterocycles. The van der Waals surface area contributed by atoms with Gasteiger partial charge in [0.1, 0.15) is 0 Å². The SMILES string of the molecule is CNCC1CCCN(Cc2ccc3ncccc3c2)C1. The molecule has 3 heteroatoms. The van der Waals surface area contributed by atoms with E-state index in [0.29, 0.717) is 0 Å². The number of hydrogen-bond donors (Lipinski definition) is 1. The van der Waals surface area contributed by atoms with E-state index in [1.807, 2.05) is 12.3 Å². The molecular formula is C17H23N3. The summed E-state index contributed by atoms with van der Waals surface area (Å²) in [6.45, 7) is 4.64. The highest BCUT2D eigenvalue weighted by atomic mass is 15.1. The summed E-state index contributed by atoms with van der Waals surface area (Å²) < 4.78 is 0. The number of hydrogen-bond acceptors (Lipinski definition) is 3. The molecular weight excluding hydrogens is 246 g/mol. The van der Waals surface area contributed by atoms with Crippen LogP contribution in [0.5, 0.6) is 0 Å². The Labute approximate surface area is 121 Å². The molecule has 0 radical (unpaired) electrons. The molecule has 2 aromatic rings. The Bertz CT molecular complexity index is 565. The van der Waals surface area contributed by atoms with E-state index in [-0.39, 0.29) is 0 Å². The molecule has 0 spiro atoms. The summed E-state index contributed by atoms with van der Waals surface area (Å²) in [4.78, 5) is 6.97. The molecule has 1 aliphatic heterocycles. The monoisotopic (exact) mass is 269 g/mol. The van der Waals surface area contributed by atoms with Crippen molar-refractivity contribution in [1.29, 1.82) is 0 Å². The first-order chi connectivity index (χ1) is 9.85. The van der Waals surface area contributed by atoms with Gasteiger partial charge in [0.05, 0.1) is 5.52 Å². The molecule has 3 nitrogen and oxygen atoms in total. The van der Waals surface area contributed by atoms with Crippen LogP contribution in [0.4, 0.5) is 0 Å². The number of likely N-dealkylation sites (tertiary alicyclic amines) is 1. The molecule has 1 N–H and O–H groups in total. The van der Waals surface area contributed by atoms with Crippen LogP contribution in [0, 0.1) is 5.92 Å². The normalized spacial score (nSPS) is 20.4. The second-order valence-electron chi connectivity index (χ2n) is 5.83. The van der Waals surface area contributed by atoms with Gasteiger partial charge >= 0.3 is 0 Å². The average molecular weight is 269 g/mol. The first kappa shape index (κ1) is 13.5. The van der Waals surface area contributed by atoms with Gasteiger partial charge in [0.15, 0.2) is 0 Å². The number of benzene rings is 1. The number of nitrogens with zero attached hydrogens (tertiary/aromatic N) is 2. The quantitative estimate of drug-likeness (QED) is 0.925. The van der Waals surface area contributed by atoms with Gasteiger partial charge in [-0.15, -0.1) is 0 Å². The summed E-state index contributed by atoms with van der Waals surface area (Å²) in [6, 6.07) is 10.8. The maximum atomic E-state index is 4.38. The Morgan fingerprint density at radius 1 is 1.35 bits per heavy atom. The third-order valence-electron chi connectivity index (χ3n) is 4.17. The Hall–Kier alpha value is -1.45. The zero-order chi connectivity index (χ0) is 13.8. The Morgan fingerprint density at radius 3 is 3.20 bits per heavy atom. The van der Waals surface area contributed by atoms with Gasteiger partial charge in [-0.05, 0) is 62.7 Å². The Morgan fingerprint density at radius 2 is 2.30 bits per heavy atom. The van der Waals surface area contributed by atoms with Crippen molar-refractivity contribution >= 4 is 10.9 Å². The molecule has 3 rings (SSSR count). The number of piperidine rings is 1. The molecule has 106 valence electrons. The van der Waals surface area contributed by atoms with Crippen molar-refractivity contribution in [3.63, 3.8) is 0 Å². The third-order valence-corrected chi connectivity index (χ3v) is 4.17. The van der Waals surface area contributed by atoms with Crippen LogP contribution < -0.4 is 5.32 Å². The largest absolute Gasteiger partial charge is 0.319 e. The van der Waals surface area contributed by atoms with Crippen molar-refractivity contribution in [1.82, 2.24) is 15.2 Å². The van der Waals surface area contributed by atoms with E-state index in [4.69, 9.17) is 0 Å². The maximum Gasteiger partial charge on any atom is 0.0702 e. The number of fused-ring (bicyclic) bond motifs is 1. The topological polar surface area (TPSA) is 28.2 Å². The van der Waals surface area contributed by atoms with Crippen LogP contribution in [0.2, 0.25) is 0 Å². The fourth-order valence-electron chi connectivity index (χ4n) is 3.23. The molecule has 1 aromatic heterocycles. The predicted octanol–water partition coefficient (Wildman–Crippen LogP) is 2.67. The van der Waals surface area contributed by atoms with Gasteiger partial charge < -0.3 is 5.32 Å². The molecule has 1 fully saturated rings. The standard InChI is InChI=1S/C17H23N3/c1-18-11-15-4-3-9-20(13-15)12-14-6-7-17-16(10-14)5-2-8-19-17/h2,5-8,10,15,18H,3-4,9,11-13H2,1H3. The van der Waals surface area contributed by atoms with Crippen molar-refractivity contribution < 1.29 is 0 Å². The van der Waals surface area contributed by atoms with Crippen molar-refractivity contribution in [3.8, 4) is 0 Å². The van der Waals surface area contributed by atoms with E-state index < -0.39 is 0 Å². The smallest absolute Gasteiger partial charge is 0.0702 e. The van der Waals surface area contributed by atoms with Gasteiger partial charge in [-0.25, -0.2) is 0 Å². The van der Waals surface area contributed by atoms with Gasteiger partial charge in [0.2, 0.25) is 0 Å². The van der Waals surface area contributed by atoms with Crippen LogP contribution in [0.3, 0.4) is 0 Å². The van der Waals surface area contributed by atoms with Crippen molar-refractivity contribution in [2.45, 2.75) is 19.4 Å². The lowest BCUT2D eigenvalue weighted by Gasteiger charge is -2.32. The molecule has 0 aliphatic carbocycles. The highest BCUT2D eigenvalue weighted by molar-refractivity contribution is 5.78. The summed E-state index contributed by atoms with van der Waals surface area (Å²) in [7, 11) is 2.05. The van der Waals surface area contributed by atoms with Gasteiger partial charge in [0.25, 0.3) is 0 Å². The minimum Gasteiger partial charge on any atom is -0.319 e. The molecule has 1 unspecified atom stereocenters. The fourth-order valence-corrected chi connectivity index (χ4v) is 3.23. The number of pyridine rings is 1. The van der Waals surface area contributed by atoms with E-state index in [9.17, 15) is 0 Å². The summed E-state index contributed by atoms with van der Waals surface area (Å²) in [5, 5.41) is 4.56. The van der Waals surface area contributed by atoms with Crippen LogP contribution in [0.25, 0.3) is 10.9 Å². The first-order valence-electron chi connectivity index (χ1n) is 7.56. The Balaban J connectivity index is 1.69. The third kappa shape index (κ3) is 3.17. The van der Waals surface area contributed by atoms with E-state index in [1.54, 1.807) is 0 Å². The molecule has 2 heterocycles. The molecule has 0 bridgehead atoms. The zero-order valence-electron chi connectivity index (χ0n) is 12.2. The number of rotatable bonds is 4. The molecule has 0 saturated carbocycles. The second-order valence-corrected chi connectivity index (χ2v) is 5.83. The molecule has 1 atom stereocenters. The predicted molar refractivity (Wildman–Crippen MR) is 83.7 cm³/mol. The van der Waals surface area contributed by atoms with Gasteiger partial charge in [0, 0.05) is 24.7 Å². The first-order valence-corrected chi connectivity index (χ1v) is 7.56. The van der Waals surface area contributed by atoms with Crippen molar-refractivity contribution in [2.24, 2.45) is 5.92 Å². The van der Waals surface area contributed by atoms with E-state index in [1.165, 1.54) is 36.9 Å². The molecule has 0 amide bonds. The number of nitrogens with one attached hydrogen (secondary N) is 1. The average Bonchev–Trinajstić information content (AvgIpc) is 2.48. The number of aromatic nitrogens is 1. The van der Waals surface area contributed by atoms with Crippen LogP contribution in [0.1, 0.15) is 18.4 Å². The lowest BCUT2D eigenvalue weighted by Crippen LogP contribution is -2.38. The van der Waals surface area contributed by atoms with E-state index in [2.05, 4.69) is 46.5 Å². The van der Waals surface area contributed by atoms with E-state index >= 15 is 0 Å². The fraction of sp³-hybridized carbons (Fsp3) is 0.471.